The molecule has 1 heterocycles. The average molecular weight is 905 g/mol. The monoisotopic (exact) mass is 903 g/mol. The van der Waals surface area contributed by atoms with E-state index in [4.69, 9.17) is 38.8 Å². The first-order chi connectivity index (χ1) is 28.5. The summed E-state index contributed by atoms with van der Waals surface area (Å²) >= 11 is 11.8. The van der Waals surface area contributed by atoms with Gasteiger partial charge in [0, 0.05) is 72.1 Å². The first-order valence-electron chi connectivity index (χ1n) is 18.7. The summed E-state index contributed by atoms with van der Waals surface area (Å²) in [7, 11) is -10.3. The Kier molecular flexibility index (Phi) is 15.2. The zero-order chi connectivity index (χ0) is 43.8. The molecule has 60 heavy (non-hydrogen) atoms. The van der Waals surface area contributed by atoms with Crippen molar-refractivity contribution < 1.29 is 49.8 Å². The maximum Gasteiger partial charge on any atom is 0.336 e. The number of nitrogens with zero attached hydrogens (tertiary/aromatic N) is 1. The Morgan fingerprint density at radius 3 is 2.03 bits per heavy atom. The summed E-state index contributed by atoms with van der Waals surface area (Å²) in [4.78, 5) is 38.3. The number of halogens is 2. The number of unbranched alkanes of at least 4 members (excludes halogenated alkanes) is 2. The van der Waals surface area contributed by atoms with Crippen LogP contribution in [0.2, 0.25) is 0 Å². The number of aryl methyl sites for hydroxylation is 1. The number of nitrogen functional groups attached to an aromatic ring is 1. The fourth-order valence-corrected chi connectivity index (χ4v) is 8.72. The van der Waals surface area contributed by atoms with Crippen molar-refractivity contribution in [3.8, 4) is 22.5 Å². The van der Waals surface area contributed by atoms with Gasteiger partial charge in [-0.05, 0) is 91.8 Å². The van der Waals surface area contributed by atoms with Gasteiger partial charge in [-0.1, -0.05) is 18.2 Å². The van der Waals surface area contributed by atoms with E-state index in [0.717, 1.165) is 35.9 Å². The van der Waals surface area contributed by atoms with Crippen LogP contribution in [0.5, 0.6) is 0 Å². The number of carboxylic acids is 1. The Bertz CT molecular complexity index is 2650. The summed E-state index contributed by atoms with van der Waals surface area (Å²) in [5.41, 5.74) is 5.98. The van der Waals surface area contributed by atoms with Gasteiger partial charge in [-0.3, -0.25) is 24.1 Å². The molecule has 320 valence electrons. The second-order valence-corrected chi connectivity index (χ2v) is 17.2. The lowest BCUT2D eigenvalue weighted by Crippen LogP contribution is -2.27. The summed E-state index contributed by atoms with van der Waals surface area (Å²) in [6.45, 7) is 2.11. The summed E-state index contributed by atoms with van der Waals surface area (Å²) in [6.07, 6.45) is 3.73. The minimum atomic E-state index is -5.19. The van der Waals surface area contributed by atoms with E-state index < -0.39 is 69.9 Å². The minimum absolute atomic E-state index is 0.0388. The number of hydrogen-bond acceptors (Lipinski definition) is 11. The average Bonchev–Trinajstić information content (AvgIpc) is 3.18. The molecule has 5 rings (SSSR count). The zero-order valence-electron chi connectivity index (χ0n) is 32.0. The highest BCUT2D eigenvalue weighted by atomic mass is 35.5. The highest BCUT2D eigenvalue weighted by molar-refractivity contribution is 7.86. The van der Waals surface area contributed by atoms with Crippen LogP contribution in [-0.2, 0) is 31.5 Å². The molecule has 16 nitrogen and oxygen atoms in total. The van der Waals surface area contributed by atoms with Crippen LogP contribution in [-0.4, -0.2) is 86.8 Å². The van der Waals surface area contributed by atoms with Gasteiger partial charge in [-0.2, -0.15) is 16.8 Å². The number of nitrogens with two attached hydrogens (primary N) is 1. The van der Waals surface area contributed by atoms with Crippen molar-refractivity contribution in [2.75, 3.05) is 48.6 Å². The van der Waals surface area contributed by atoms with Gasteiger partial charge in [0.2, 0.25) is 5.91 Å². The van der Waals surface area contributed by atoms with Crippen LogP contribution < -0.4 is 26.6 Å². The molecule has 3 aromatic carbocycles. The molecule has 20 heteroatoms. The number of amides is 2. The topological polar surface area (TPSA) is 270 Å². The predicted octanol–water partition coefficient (Wildman–Crippen LogP) is 5.78. The second-order valence-electron chi connectivity index (χ2n) is 13.7. The summed E-state index contributed by atoms with van der Waals surface area (Å²) in [5, 5.41) is 23.2. The molecule has 0 bridgehead atoms. The van der Waals surface area contributed by atoms with Crippen molar-refractivity contribution in [1.82, 2.24) is 10.6 Å². The van der Waals surface area contributed by atoms with Crippen molar-refractivity contribution in [2.24, 2.45) is 0 Å². The largest absolute Gasteiger partial charge is 0.478 e. The van der Waals surface area contributed by atoms with Gasteiger partial charge < -0.3 is 30.8 Å². The van der Waals surface area contributed by atoms with Crippen LogP contribution in [0.1, 0.15) is 58.4 Å². The number of carboxylic acid groups (broad SMARTS) is 1. The first-order valence-corrected chi connectivity index (χ1v) is 22.6. The number of aromatic carboxylic acids is 1. The summed E-state index contributed by atoms with van der Waals surface area (Å²) < 4.78 is 75.5. The normalized spacial score (nSPS) is 11.8. The number of carbonyl (C=O) groups is 3. The Morgan fingerprint density at radius 1 is 0.783 bits per heavy atom. The van der Waals surface area contributed by atoms with Crippen LogP contribution in [0.4, 0.5) is 11.4 Å². The van der Waals surface area contributed by atoms with Crippen LogP contribution in [0.15, 0.2) is 80.9 Å². The van der Waals surface area contributed by atoms with Gasteiger partial charge in [-0.25, -0.2) is 4.79 Å². The first kappa shape index (κ1) is 45.8. The zero-order valence-corrected chi connectivity index (χ0v) is 35.2. The molecule has 1 aliphatic heterocycles. The molecular weight excluding hydrogens is 862 g/mol. The lowest BCUT2D eigenvalue weighted by molar-refractivity contribution is -0.121. The van der Waals surface area contributed by atoms with Gasteiger partial charge in [0.25, 0.3) is 26.1 Å². The van der Waals surface area contributed by atoms with Crippen LogP contribution in [0, 0.1) is 5.41 Å². The lowest BCUT2D eigenvalue weighted by Gasteiger charge is -2.23. The van der Waals surface area contributed by atoms with Crippen molar-refractivity contribution in [1.29, 1.82) is 5.41 Å². The molecule has 0 unspecified atom stereocenters. The number of nitrogens with one attached hydrogen (secondary N) is 3. The summed E-state index contributed by atoms with van der Waals surface area (Å²) in [6, 6.07) is 16.4. The van der Waals surface area contributed by atoms with Gasteiger partial charge in [0.05, 0.1) is 16.6 Å². The van der Waals surface area contributed by atoms with Gasteiger partial charge in [0.1, 0.15) is 0 Å². The Morgan fingerprint density at radius 2 is 1.42 bits per heavy atom. The maximum absolute atomic E-state index is 13.1. The standard InChI is InChI=1S/C40H43Cl2N5O11S2/c41-17-21-47(22-18-42)26-10-7-24(8-11-26)5-4-6-33(48)45-19-2-1-3-20-46-39(49)25-9-12-27(30(23-25)40(50)51)34-28-13-15-31(43)37(59(52,53)54)35(28)58-36-29(34)14-16-32(44)38(36)60(55,56)57/h7-16,23,43H,1-6,17-22,44H2,(H,45,48)(H,46,49)(H,50,51)(H,52,53,54)(H,55,56,57). The summed E-state index contributed by atoms with van der Waals surface area (Å²) in [5.74, 6) is -1.87. The highest BCUT2D eigenvalue weighted by Crippen LogP contribution is 2.45. The molecular formula is C40H43Cl2N5O11S2. The predicted molar refractivity (Wildman–Crippen MR) is 227 cm³/mol. The number of hydrogen-bond donors (Lipinski definition) is 7. The molecule has 0 saturated carbocycles. The van der Waals surface area contributed by atoms with Crippen molar-refractivity contribution in [3.63, 3.8) is 0 Å². The van der Waals surface area contributed by atoms with Gasteiger partial charge in [0.15, 0.2) is 21.1 Å². The minimum Gasteiger partial charge on any atom is -0.478 e. The van der Waals surface area contributed by atoms with Gasteiger partial charge >= 0.3 is 5.97 Å². The van der Waals surface area contributed by atoms with E-state index in [-0.39, 0.29) is 40.1 Å². The lowest BCUT2D eigenvalue weighted by atomic mass is 9.89. The third kappa shape index (κ3) is 10.9. The fraction of sp³-hybridized carbons (Fsp3) is 0.300. The van der Waals surface area contributed by atoms with Gasteiger partial charge in [-0.15, -0.1) is 23.2 Å². The van der Waals surface area contributed by atoms with E-state index in [2.05, 4.69) is 15.5 Å². The molecule has 2 aliphatic rings. The Hall–Kier alpha value is -5.24. The third-order valence-electron chi connectivity index (χ3n) is 9.64. The number of carbonyl (C=O) groups excluding carboxylic acids is 2. The van der Waals surface area contributed by atoms with E-state index in [9.17, 15) is 45.4 Å². The van der Waals surface area contributed by atoms with Crippen molar-refractivity contribution in [2.45, 2.75) is 48.3 Å². The second kappa shape index (κ2) is 19.9. The Labute approximate surface area is 356 Å². The SMILES string of the molecule is N=c1ccc2c(-c3ccc(C(=O)NCCCCCNC(=O)CCCc4ccc(N(CCCl)CCCl)cc4)cc3C(=O)O)c3ccc(N)c(S(=O)(=O)O)c3oc-2c1S(=O)(=O)O. The molecule has 3 aromatic rings. The van der Waals surface area contributed by atoms with Crippen LogP contribution in [0.25, 0.3) is 33.4 Å². The molecule has 0 fully saturated rings. The molecule has 0 atom stereocenters. The smallest absolute Gasteiger partial charge is 0.336 e. The number of alkyl halides is 2. The molecule has 0 saturated heterocycles. The molecule has 0 spiro atoms. The molecule has 2 amide bonds. The fourth-order valence-electron chi connectivity index (χ4n) is 6.82. The van der Waals surface area contributed by atoms with Crippen LogP contribution >= 0.6 is 23.2 Å². The number of fused-ring (bicyclic) bond motifs is 2. The van der Waals surface area contributed by atoms with Crippen LogP contribution in [0.3, 0.4) is 0 Å². The highest BCUT2D eigenvalue weighted by Gasteiger charge is 2.32. The quantitative estimate of drug-likeness (QED) is 0.0161. The maximum atomic E-state index is 13.1. The molecule has 8 N–H and O–H groups in total. The van der Waals surface area contributed by atoms with E-state index in [1.807, 2.05) is 24.3 Å². The van der Waals surface area contributed by atoms with Crippen molar-refractivity contribution >= 4 is 83.6 Å². The van der Waals surface area contributed by atoms with Crippen molar-refractivity contribution in [3.05, 3.63) is 88.8 Å². The molecule has 0 aromatic heterocycles. The number of anilines is 2. The number of rotatable bonds is 20. The molecule has 1 aliphatic carbocycles. The van der Waals surface area contributed by atoms with E-state index in [0.29, 0.717) is 63.5 Å². The van der Waals surface area contributed by atoms with E-state index in [1.165, 1.54) is 24.3 Å². The number of benzene rings is 4. The van der Waals surface area contributed by atoms with E-state index >= 15 is 0 Å². The molecule has 0 radical (unpaired) electrons. The third-order valence-corrected chi connectivity index (χ3v) is 11.8. The van der Waals surface area contributed by atoms with E-state index in [1.54, 1.807) is 0 Å². The Balaban J connectivity index is 1.21.